The van der Waals surface area contributed by atoms with Crippen molar-refractivity contribution in [1.29, 1.82) is 5.26 Å². The summed E-state index contributed by atoms with van der Waals surface area (Å²) in [6.07, 6.45) is 7.07. The molecular formula is C22H20N6O. The Morgan fingerprint density at radius 1 is 1.31 bits per heavy atom. The first-order chi connectivity index (χ1) is 14.2. The Kier molecular flexibility index (Phi) is 5.40. The lowest BCUT2D eigenvalue weighted by atomic mass is 10.0. The quantitative estimate of drug-likeness (QED) is 0.677. The minimum atomic E-state index is -0.115. The molecule has 144 valence electrons. The number of aromatic nitrogens is 3. The maximum absolute atomic E-state index is 12.1. The molecule has 0 spiro atoms. The molecule has 3 aromatic heterocycles. The van der Waals surface area contributed by atoms with E-state index >= 15 is 0 Å². The summed E-state index contributed by atoms with van der Waals surface area (Å²) in [5.74, 6) is 6.15. The number of carbonyl (C=O) groups is 1. The molecule has 4 heterocycles. The number of amides is 1. The molecule has 1 aliphatic heterocycles. The number of hydrogen-bond acceptors (Lipinski definition) is 5. The van der Waals surface area contributed by atoms with Crippen molar-refractivity contribution in [1.82, 2.24) is 19.9 Å². The van der Waals surface area contributed by atoms with Crippen LogP contribution in [0.1, 0.15) is 30.5 Å². The van der Waals surface area contributed by atoms with Crippen molar-refractivity contribution in [2.24, 2.45) is 0 Å². The Labute approximate surface area is 168 Å². The van der Waals surface area contributed by atoms with Gasteiger partial charge in [-0.1, -0.05) is 12.0 Å². The fourth-order valence-corrected chi connectivity index (χ4v) is 3.53. The highest BCUT2D eigenvalue weighted by Gasteiger charge is 2.24. The highest BCUT2D eigenvalue weighted by molar-refractivity contribution is 5.92. The smallest absolute Gasteiger partial charge is 0.236 e. The maximum atomic E-state index is 12.1. The summed E-state index contributed by atoms with van der Waals surface area (Å²) in [7, 11) is 0. The molecule has 29 heavy (non-hydrogen) atoms. The highest BCUT2D eigenvalue weighted by atomic mass is 16.2. The van der Waals surface area contributed by atoms with Gasteiger partial charge in [0.2, 0.25) is 5.91 Å². The number of fused-ring (bicyclic) bond motifs is 1. The van der Waals surface area contributed by atoms with Crippen LogP contribution in [-0.2, 0) is 4.79 Å². The van der Waals surface area contributed by atoms with Crippen LogP contribution in [-0.4, -0.2) is 44.9 Å². The van der Waals surface area contributed by atoms with Gasteiger partial charge in [0.05, 0.1) is 17.3 Å². The molecule has 0 radical (unpaired) electrons. The van der Waals surface area contributed by atoms with Crippen molar-refractivity contribution in [3.05, 3.63) is 54.1 Å². The number of anilines is 1. The van der Waals surface area contributed by atoms with E-state index < -0.39 is 0 Å². The van der Waals surface area contributed by atoms with Crippen LogP contribution in [0.2, 0.25) is 0 Å². The van der Waals surface area contributed by atoms with Gasteiger partial charge in [0.1, 0.15) is 17.8 Å². The number of nitrogens with one attached hydrogen (secondary N) is 2. The molecular weight excluding hydrogens is 364 g/mol. The van der Waals surface area contributed by atoms with Gasteiger partial charge in [-0.15, -0.1) is 0 Å². The van der Waals surface area contributed by atoms with Crippen molar-refractivity contribution in [3.63, 3.8) is 0 Å². The first-order valence-electron chi connectivity index (χ1n) is 9.55. The van der Waals surface area contributed by atoms with Crippen LogP contribution in [0.15, 0.2) is 42.9 Å². The number of nitrogens with zero attached hydrogens (tertiary/aromatic N) is 4. The van der Waals surface area contributed by atoms with E-state index in [0.29, 0.717) is 18.8 Å². The minimum Gasteiger partial charge on any atom is -0.379 e. The summed E-state index contributed by atoms with van der Waals surface area (Å²) in [5.41, 5.74) is 3.16. The third-order valence-electron chi connectivity index (χ3n) is 4.93. The van der Waals surface area contributed by atoms with E-state index in [1.54, 1.807) is 17.3 Å². The third kappa shape index (κ3) is 4.20. The van der Waals surface area contributed by atoms with Gasteiger partial charge in [-0.05, 0) is 37.0 Å². The summed E-state index contributed by atoms with van der Waals surface area (Å²) in [6, 6.07) is 9.62. The van der Waals surface area contributed by atoms with Crippen molar-refractivity contribution in [2.45, 2.75) is 25.3 Å². The van der Waals surface area contributed by atoms with E-state index in [4.69, 9.17) is 5.26 Å². The molecule has 3 aromatic rings. The third-order valence-corrected chi connectivity index (χ3v) is 4.93. The summed E-state index contributed by atoms with van der Waals surface area (Å²) < 4.78 is 0. The molecule has 7 heteroatoms. The van der Waals surface area contributed by atoms with Crippen molar-refractivity contribution in [2.75, 3.05) is 18.4 Å². The molecule has 1 amide bonds. The zero-order valence-corrected chi connectivity index (χ0v) is 15.9. The average Bonchev–Trinajstić information content (AvgIpc) is 3.23. The summed E-state index contributed by atoms with van der Waals surface area (Å²) in [6.45, 7) is 1.27. The Morgan fingerprint density at radius 2 is 2.24 bits per heavy atom. The van der Waals surface area contributed by atoms with Crippen LogP contribution in [0.4, 0.5) is 5.69 Å². The van der Waals surface area contributed by atoms with Gasteiger partial charge in [-0.3, -0.25) is 4.79 Å². The number of hydrogen-bond donors (Lipinski definition) is 2. The normalized spacial score (nSPS) is 16.0. The predicted octanol–water partition coefficient (Wildman–Crippen LogP) is 2.67. The van der Waals surface area contributed by atoms with Gasteiger partial charge in [0.15, 0.2) is 0 Å². The van der Waals surface area contributed by atoms with E-state index in [1.807, 2.05) is 36.5 Å². The Balaban J connectivity index is 1.62. The molecule has 0 saturated carbocycles. The van der Waals surface area contributed by atoms with Gasteiger partial charge in [0, 0.05) is 43.1 Å². The standard InChI is InChI=1S/C22H20N6O/c23-10-8-20(29)28-13-3-5-18(15-28)27-21-16(6-7-17-4-1-2-11-24-17)14-26-22-19(21)9-12-25-22/h1-2,4,9,11-12,14,18H,3,5,8,13,15H2,(H2,25,26,27)/t18-/m1/s1. The van der Waals surface area contributed by atoms with Crippen LogP contribution < -0.4 is 5.32 Å². The number of aromatic amines is 1. The van der Waals surface area contributed by atoms with E-state index in [0.717, 1.165) is 35.1 Å². The number of H-pyrrole nitrogens is 1. The van der Waals surface area contributed by atoms with Crippen molar-refractivity contribution >= 4 is 22.6 Å². The number of likely N-dealkylation sites (tertiary alicyclic amines) is 1. The first-order valence-corrected chi connectivity index (χ1v) is 9.55. The number of piperidine rings is 1. The van der Waals surface area contributed by atoms with Crippen LogP contribution in [0.3, 0.4) is 0 Å². The number of rotatable bonds is 3. The molecule has 1 atom stereocenters. The van der Waals surface area contributed by atoms with Crippen molar-refractivity contribution in [3.8, 4) is 17.9 Å². The second kappa shape index (κ2) is 8.45. The lowest BCUT2D eigenvalue weighted by Gasteiger charge is -2.33. The lowest BCUT2D eigenvalue weighted by molar-refractivity contribution is -0.131. The zero-order chi connectivity index (χ0) is 20.1. The Morgan fingerprint density at radius 3 is 3.07 bits per heavy atom. The van der Waals surface area contributed by atoms with E-state index in [2.05, 4.69) is 32.1 Å². The van der Waals surface area contributed by atoms with Crippen LogP contribution >= 0.6 is 0 Å². The topological polar surface area (TPSA) is 97.7 Å². The molecule has 0 unspecified atom stereocenters. The summed E-state index contributed by atoms with van der Waals surface area (Å²) in [5, 5.41) is 13.3. The fourth-order valence-electron chi connectivity index (χ4n) is 3.53. The van der Waals surface area contributed by atoms with Gasteiger partial charge >= 0.3 is 0 Å². The summed E-state index contributed by atoms with van der Waals surface area (Å²) in [4.78, 5) is 25.7. The van der Waals surface area contributed by atoms with Crippen LogP contribution in [0.25, 0.3) is 11.0 Å². The number of carbonyl (C=O) groups excluding carboxylic acids is 1. The van der Waals surface area contributed by atoms with Gasteiger partial charge < -0.3 is 15.2 Å². The van der Waals surface area contributed by atoms with E-state index in [9.17, 15) is 4.79 Å². The molecule has 2 N–H and O–H groups in total. The first kappa shape index (κ1) is 18.5. The van der Waals surface area contributed by atoms with Gasteiger partial charge in [0.25, 0.3) is 0 Å². The fraction of sp³-hybridized carbons (Fsp3) is 0.273. The maximum Gasteiger partial charge on any atom is 0.236 e. The molecule has 4 rings (SSSR count). The largest absolute Gasteiger partial charge is 0.379 e. The molecule has 0 aromatic carbocycles. The molecule has 1 saturated heterocycles. The average molecular weight is 384 g/mol. The zero-order valence-electron chi connectivity index (χ0n) is 15.9. The number of pyridine rings is 2. The molecule has 7 nitrogen and oxygen atoms in total. The highest BCUT2D eigenvalue weighted by Crippen LogP contribution is 2.27. The second-order valence-corrected chi connectivity index (χ2v) is 6.91. The van der Waals surface area contributed by atoms with Crippen LogP contribution in [0.5, 0.6) is 0 Å². The molecule has 1 aliphatic rings. The summed E-state index contributed by atoms with van der Waals surface area (Å²) >= 11 is 0. The minimum absolute atomic E-state index is 0.0785. The molecule has 0 aliphatic carbocycles. The van der Waals surface area contributed by atoms with Crippen molar-refractivity contribution < 1.29 is 4.79 Å². The monoisotopic (exact) mass is 384 g/mol. The Hall–Kier alpha value is -3.84. The van der Waals surface area contributed by atoms with E-state index in [-0.39, 0.29) is 18.4 Å². The lowest BCUT2D eigenvalue weighted by Crippen LogP contribution is -2.45. The van der Waals surface area contributed by atoms with Crippen LogP contribution in [0, 0.1) is 23.2 Å². The second-order valence-electron chi connectivity index (χ2n) is 6.91. The Bertz CT molecular complexity index is 1120. The number of nitriles is 1. The molecule has 1 fully saturated rings. The molecule has 0 bridgehead atoms. The predicted molar refractivity (Wildman–Crippen MR) is 110 cm³/mol. The van der Waals surface area contributed by atoms with Gasteiger partial charge in [-0.25, -0.2) is 9.97 Å². The SMILES string of the molecule is N#CCC(=O)N1CCC[C@@H](Nc2c(C#Cc3ccccn3)cnc3[nH]ccc23)C1. The van der Waals surface area contributed by atoms with E-state index in [1.165, 1.54) is 0 Å². The van der Waals surface area contributed by atoms with Gasteiger partial charge in [-0.2, -0.15) is 5.26 Å².